The number of hydrogen-bond acceptors (Lipinski definition) is 17. The highest BCUT2D eigenvalue weighted by Gasteiger charge is 2.31. The molecule has 0 radical (unpaired) electrons. The van der Waals surface area contributed by atoms with E-state index in [1.54, 1.807) is 0 Å². The zero-order valence-electron chi connectivity index (χ0n) is 32.7. The van der Waals surface area contributed by atoms with Crippen LogP contribution in [0.5, 0.6) is 11.5 Å². The van der Waals surface area contributed by atoms with Crippen molar-refractivity contribution >= 4 is 0 Å². The van der Waals surface area contributed by atoms with Crippen molar-refractivity contribution in [2.75, 3.05) is 65.6 Å². The summed E-state index contributed by atoms with van der Waals surface area (Å²) in [5, 5.41) is 130. The Kier molecular flexibility index (Phi) is 20.8. The highest BCUT2D eigenvalue weighted by Crippen LogP contribution is 2.28. The van der Waals surface area contributed by atoms with Gasteiger partial charge in [-0.1, -0.05) is 35.4 Å². The summed E-state index contributed by atoms with van der Waals surface area (Å²) in [5.74, 6) is 0.257. The summed E-state index contributed by atoms with van der Waals surface area (Å²) in [7, 11) is 0. The number of aliphatic hydroxyl groups excluding tert-OH is 10. The van der Waals surface area contributed by atoms with Crippen LogP contribution in [-0.4, -0.2) is 185 Å². The van der Waals surface area contributed by atoms with E-state index in [-0.39, 0.29) is 37.7 Å². The van der Waals surface area contributed by atoms with E-state index in [9.17, 15) is 51.1 Å². The van der Waals surface area contributed by atoms with E-state index in [4.69, 9.17) is 10.2 Å². The number of benzene rings is 2. The van der Waals surface area contributed by atoms with E-state index in [2.05, 4.69) is 25.8 Å². The number of nitrogens with zero attached hydrogens (tertiary/aromatic N) is 2. The molecule has 17 heteroatoms. The van der Waals surface area contributed by atoms with Gasteiger partial charge in [-0.25, -0.2) is 0 Å². The number of phenols is 2. The largest absolute Gasteiger partial charge is 0.507 e. The third-order valence-electron chi connectivity index (χ3n) is 10.2. The van der Waals surface area contributed by atoms with Gasteiger partial charge < -0.3 is 77.2 Å². The topological polar surface area (TPSA) is 285 Å². The molecule has 8 unspecified atom stereocenters. The second-order valence-corrected chi connectivity index (χ2v) is 15.1. The lowest BCUT2D eigenvalue weighted by atomic mass is 10.0. The molecule has 1 saturated heterocycles. The molecule has 0 bridgehead atoms. The number of hydrogen-bond donors (Lipinski definition) is 15. The SMILES string of the molecule is Cc1cc(CNCC(O)C(O)C(O)C(O)CO)c(O)c(CN2CCCNCCCN(Cc3cc(C)cc(CNCC(O)C(O)C(O)C(O)CO)c3O)CCC2)c1. The first kappa shape index (κ1) is 47.8. The molecule has 320 valence electrons. The summed E-state index contributed by atoms with van der Waals surface area (Å²) in [6.45, 7) is 8.27. The summed E-state index contributed by atoms with van der Waals surface area (Å²) >= 11 is 0. The van der Waals surface area contributed by atoms with Crippen molar-refractivity contribution in [3.8, 4) is 11.5 Å². The Morgan fingerprint density at radius 3 is 1.25 bits per heavy atom. The lowest BCUT2D eigenvalue weighted by molar-refractivity contribution is -0.114. The molecule has 1 heterocycles. The van der Waals surface area contributed by atoms with E-state index in [0.29, 0.717) is 24.2 Å². The molecule has 3 rings (SSSR count). The second kappa shape index (κ2) is 24.4. The Morgan fingerprint density at radius 1 is 0.536 bits per heavy atom. The molecule has 1 aliphatic heterocycles. The predicted molar refractivity (Wildman–Crippen MR) is 209 cm³/mol. The summed E-state index contributed by atoms with van der Waals surface area (Å²) in [4.78, 5) is 4.62. The van der Waals surface area contributed by atoms with Gasteiger partial charge in [0.2, 0.25) is 0 Å². The number of aryl methyl sites for hydroxylation is 2. The van der Waals surface area contributed by atoms with Gasteiger partial charge in [-0.2, -0.15) is 0 Å². The van der Waals surface area contributed by atoms with Gasteiger partial charge >= 0.3 is 0 Å². The van der Waals surface area contributed by atoms with Crippen molar-refractivity contribution in [2.45, 2.75) is 108 Å². The van der Waals surface area contributed by atoms with E-state index in [1.165, 1.54) is 0 Å². The Bertz CT molecular complexity index is 1340. The molecular formula is C39H67N5O12. The predicted octanol–water partition coefficient (Wildman–Crippen LogP) is -3.16. The fraction of sp³-hybridized carbons (Fsp3) is 0.692. The van der Waals surface area contributed by atoms with Crippen molar-refractivity contribution in [1.82, 2.24) is 25.8 Å². The van der Waals surface area contributed by atoms with Crippen molar-refractivity contribution < 1.29 is 61.3 Å². The average molecular weight is 798 g/mol. The lowest BCUT2D eigenvalue weighted by Gasteiger charge is -2.28. The van der Waals surface area contributed by atoms with Gasteiger partial charge in [0.25, 0.3) is 0 Å². The molecule has 15 N–H and O–H groups in total. The highest BCUT2D eigenvalue weighted by atomic mass is 16.4. The molecule has 2 aromatic carbocycles. The summed E-state index contributed by atoms with van der Waals surface area (Å²) in [6.07, 6.45) is -10.1. The summed E-state index contributed by atoms with van der Waals surface area (Å²) in [5.41, 5.74) is 4.62. The van der Waals surface area contributed by atoms with Crippen LogP contribution >= 0.6 is 0 Å². The Hall–Kier alpha value is -2.56. The first-order valence-corrected chi connectivity index (χ1v) is 19.5. The van der Waals surface area contributed by atoms with E-state index < -0.39 is 62.0 Å². The minimum absolute atomic E-state index is 0.128. The van der Waals surface area contributed by atoms with Gasteiger partial charge in [-0.15, -0.1) is 0 Å². The minimum atomic E-state index is -1.72. The fourth-order valence-corrected chi connectivity index (χ4v) is 6.98. The van der Waals surface area contributed by atoms with Gasteiger partial charge in [0.15, 0.2) is 0 Å². The van der Waals surface area contributed by atoms with E-state index >= 15 is 0 Å². The highest BCUT2D eigenvalue weighted by molar-refractivity contribution is 5.44. The second-order valence-electron chi connectivity index (χ2n) is 15.1. The van der Waals surface area contributed by atoms with Crippen LogP contribution in [0.4, 0.5) is 0 Å². The van der Waals surface area contributed by atoms with Crippen LogP contribution in [-0.2, 0) is 26.2 Å². The van der Waals surface area contributed by atoms with Crippen LogP contribution in [0.3, 0.4) is 0 Å². The number of aliphatic hydroxyl groups is 10. The molecule has 8 atom stereocenters. The van der Waals surface area contributed by atoms with Crippen LogP contribution in [0.15, 0.2) is 24.3 Å². The molecule has 56 heavy (non-hydrogen) atoms. The Labute approximate surface area is 329 Å². The van der Waals surface area contributed by atoms with Crippen molar-refractivity contribution in [3.05, 3.63) is 57.6 Å². The maximum atomic E-state index is 11.3. The van der Waals surface area contributed by atoms with Crippen molar-refractivity contribution in [1.29, 1.82) is 0 Å². The third-order valence-corrected chi connectivity index (χ3v) is 10.2. The maximum Gasteiger partial charge on any atom is 0.124 e. The molecule has 1 aliphatic rings. The number of aromatic hydroxyl groups is 2. The van der Waals surface area contributed by atoms with Gasteiger partial charge in [-0.3, -0.25) is 9.80 Å². The standard InChI is InChI=1S/C39H67N5O12/c1-24-12-26(16-41-18-30(47)36(53)38(55)32(49)22-45)34(51)28(14-24)20-43-8-3-6-40-7-4-9-44(11-5-10-43)21-29-15-25(2)13-27(35(29)52)17-42-19-31(48)37(54)39(56)33(50)23-46/h12-15,30-33,36-42,45-56H,3-11,16-23H2,1-2H3. The average Bonchev–Trinajstić information content (AvgIpc) is 3.17. The van der Waals surface area contributed by atoms with E-state index in [0.717, 1.165) is 80.8 Å². The van der Waals surface area contributed by atoms with Crippen LogP contribution in [0.2, 0.25) is 0 Å². The fourth-order valence-electron chi connectivity index (χ4n) is 6.98. The monoisotopic (exact) mass is 797 g/mol. The first-order valence-electron chi connectivity index (χ1n) is 19.5. The van der Waals surface area contributed by atoms with E-state index in [1.807, 2.05) is 38.1 Å². The van der Waals surface area contributed by atoms with Crippen LogP contribution in [0, 0.1) is 13.8 Å². The Balaban J connectivity index is 1.62. The van der Waals surface area contributed by atoms with Crippen LogP contribution in [0.25, 0.3) is 0 Å². The molecular weight excluding hydrogens is 730 g/mol. The minimum Gasteiger partial charge on any atom is -0.507 e. The van der Waals surface area contributed by atoms with Crippen molar-refractivity contribution in [3.63, 3.8) is 0 Å². The lowest BCUT2D eigenvalue weighted by Crippen LogP contribution is -2.48. The zero-order valence-corrected chi connectivity index (χ0v) is 32.7. The van der Waals surface area contributed by atoms with Crippen molar-refractivity contribution in [2.24, 2.45) is 0 Å². The molecule has 0 spiro atoms. The number of nitrogens with one attached hydrogen (secondary N) is 3. The zero-order chi connectivity index (χ0) is 41.4. The molecule has 1 fully saturated rings. The van der Waals surface area contributed by atoms with Crippen LogP contribution in [0.1, 0.15) is 52.6 Å². The maximum absolute atomic E-state index is 11.3. The van der Waals surface area contributed by atoms with Crippen LogP contribution < -0.4 is 16.0 Å². The third kappa shape index (κ3) is 15.0. The molecule has 0 amide bonds. The molecule has 2 aromatic rings. The molecule has 17 nitrogen and oxygen atoms in total. The molecule has 0 saturated carbocycles. The van der Waals surface area contributed by atoms with Gasteiger partial charge in [0, 0.05) is 61.5 Å². The first-order chi connectivity index (χ1) is 26.7. The number of rotatable bonds is 20. The quantitative estimate of drug-likeness (QED) is 0.0630. The number of phenolic OH excluding ortho intramolecular Hbond substituents is 2. The Morgan fingerprint density at radius 2 is 0.875 bits per heavy atom. The molecule has 0 aromatic heterocycles. The summed E-state index contributed by atoms with van der Waals surface area (Å²) < 4.78 is 0. The smallest absolute Gasteiger partial charge is 0.124 e. The van der Waals surface area contributed by atoms with Gasteiger partial charge in [0.05, 0.1) is 25.4 Å². The van der Waals surface area contributed by atoms with Gasteiger partial charge in [0.1, 0.15) is 48.1 Å². The normalized spacial score (nSPS) is 19.9. The summed E-state index contributed by atoms with van der Waals surface area (Å²) in [6, 6.07) is 7.58. The molecule has 0 aliphatic carbocycles. The van der Waals surface area contributed by atoms with Gasteiger partial charge in [-0.05, 0) is 72.4 Å².